The van der Waals surface area contributed by atoms with Crippen LogP contribution in [0, 0.1) is 5.82 Å². The van der Waals surface area contributed by atoms with Crippen LogP contribution in [0.2, 0.25) is 0 Å². The van der Waals surface area contributed by atoms with Crippen molar-refractivity contribution < 1.29 is 4.39 Å². The lowest BCUT2D eigenvalue weighted by Gasteiger charge is -2.06. The molecule has 6 rings (SSSR count). The van der Waals surface area contributed by atoms with E-state index in [9.17, 15) is 9.18 Å². The standard InChI is InChI=1S/C27H19FN6O/c1-33-23-15-18(9-12-22(23)34(27(33)35)20-5-3-2-4-6-20)25-24(17-7-10-19(28)11-8-17)31-26(32-25)21-16-29-13-14-30-21/h2-16H,1H3,(H,31,32). The molecule has 0 bridgehead atoms. The molecule has 0 saturated carbocycles. The Morgan fingerprint density at radius 1 is 0.886 bits per heavy atom. The summed E-state index contributed by atoms with van der Waals surface area (Å²) in [6.07, 6.45) is 4.83. The minimum atomic E-state index is -0.317. The van der Waals surface area contributed by atoms with Crippen molar-refractivity contribution in [2.24, 2.45) is 7.05 Å². The van der Waals surface area contributed by atoms with E-state index < -0.39 is 0 Å². The average molecular weight is 462 g/mol. The van der Waals surface area contributed by atoms with Crippen LogP contribution in [0.3, 0.4) is 0 Å². The van der Waals surface area contributed by atoms with Crippen LogP contribution in [0.4, 0.5) is 4.39 Å². The monoisotopic (exact) mass is 462 g/mol. The minimum absolute atomic E-state index is 0.135. The van der Waals surface area contributed by atoms with Crippen molar-refractivity contribution in [2.45, 2.75) is 0 Å². The number of nitrogens with one attached hydrogen (secondary N) is 1. The fourth-order valence-electron chi connectivity index (χ4n) is 4.26. The number of aryl methyl sites for hydroxylation is 1. The Morgan fingerprint density at radius 2 is 1.66 bits per heavy atom. The molecular formula is C27H19FN6O. The van der Waals surface area contributed by atoms with Gasteiger partial charge >= 0.3 is 5.69 Å². The summed E-state index contributed by atoms with van der Waals surface area (Å²) >= 11 is 0. The first-order valence-electron chi connectivity index (χ1n) is 11.0. The van der Waals surface area contributed by atoms with E-state index in [1.807, 2.05) is 48.5 Å². The number of para-hydroxylation sites is 1. The summed E-state index contributed by atoms with van der Waals surface area (Å²) < 4.78 is 16.9. The first-order valence-corrected chi connectivity index (χ1v) is 11.0. The number of nitrogens with zero attached hydrogens (tertiary/aromatic N) is 5. The third-order valence-electron chi connectivity index (χ3n) is 5.99. The normalized spacial score (nSPS) is 11.3. The van der Waals surface area contributed by atoms with Gasteiger partial charge in [-0.25, -0.2) is 19.2 Å². The Balaban J connectivity index is 1.56. The summed E-state index contributed by atoms with van der Waals surface area (Å²) in [5, 5.41) is 0. The Bertz CT molecular complexity index is 1720. The topological polar surface area (TPSA) is 81.4 Å². The predicted molar refractivity (Wildman–Crippen MR) is 133 cm³/mol. The molecule has 0 aliphatic heterocycles. The van der Waals surface area contributed by atoms with E-state index in [0.717, 1.165) is 33.5 Å². The zero-order valence-corrected chi connectivity index (χ0v) is 18.7. The number of benzene rings is 3. The van der Waals surface area contributed by atoms with Crippen LogP contribution in [0.15, 0.2) is 96.2 Å². The highest BCUT2D eigenvalue weighted by Crippen LogP contribution is 2.34. The van der Waals surface area contributed by atoms with Crippen LogP contribution >= 0.6 is 0 Å². The van der Waals surface area contributed by atoms with Gasteiger partial charge in [0.1, 0.15) is 11.5 Å². The maximum atomic E-state index is 13.6. The lowest BCUT2D eigenvalue weighted by molar-refractivity contribution is 0.628. The molecule has 3 aromatic heterocycles. The lowest BCUT2D eigenvalue weighted by atomic mass is 10.0. The summed E-state index contributed by atoms with van der Waals surface area (Å²) in [5.74, 6) is 0.228. The Labute approximate surface area is 199 Å². The molecule has 0 fully saturated rings. The molecule has 0 aliphatic rings. The molecule has 35 heavy (non-hydrogen) atoms. The molecule has 0 unspecified atom stereocenters. The van der Waals surface area contributed by atoms with E-state index in [-0.39, 0.29) is 11.5 Å². The molecule has 7 nitrogen and oxygen atoms in total. The van der Waals surface area contributed by atoms with Gasteiger partial charge in [-0.1, -0.05) is 24.3 Å². The average Bonchev–Trinajstić information content (AvgIpc) is 3.45. The van der Waals surface area contributed by atoms with Crippen LogP contribution < -0.4 is 5.69 Å². The van der Waals surface area contributed by atoms with Gasteiger partial charge in [-0.15, -0.1) is 0 Å². The molecule has 0 spiro atoms. The van der Waals surface area contributed by atoms with E-state index in [1.165, 1.54) is 12.1 Å². The summed E-state index contributed by atoms with van der Waals surface area (Å²) in [6.45, 7) is 0. The highest BCUT2D eigenvalue weighted by Gasteiger charge is 2.19. The molecule has 1 N–H and O–H groups in total. The van der Waals surface area contributed by atoms with Crippen molar-refractivity contribution in [1.82, 2.24) is 29.1 Å². The molecule has 0 radical (unpaired) electrons. The van der Waals surface area contributed by atoms with Crippen molar-refractivity contribution in [3.8, 4) is 39.7 Å². The van der Waals surface area contributed by atoms with Crippen LogP contribution in [-0.2, 0) is 7.05 Å². The van der Waals surface area contributed by atoms with E-state index >= 15 is 0 Å². The van der Waals surface area contributed by atoms with Crippen molar-refractivity contribution in [2.75, 3.05) is 0 Å². The summed E-state index contributed by atoms with van der Waals surface area (Å²) in [6, 6.07) is 21.6. The van der Waals surface area contributed by atoms with Gasteiger partial charge in [0.25, 0.3) is 0 Å². The van der Waals surface area contributed by atoms with E-state index in [1.54, 1.807) is 46.9 Å². The molecule has 3 heterocycles. The summed E-state index contributed by atoms with van der Waals surface area (Å²) in [4.78, 5) is 29.7. The van der Waals surface area contributed by atoms with E-state index in [2.05, 4.69) is 15.0 Å². The minimum Gasteiger partial charge on any atom is -0.336 e. The van der Waals surface area contributed by atoms with E-state index in [4.69, 9.17) is 4.98 Å². The second-order valence-electron chi connectivity index (χ2n) is 8.12. The largest absolute Gasteiger partial charge is 0.336 e. The van der Waals surface area contributed by atoms with Crippen LogP contribution in [0.5, 0.6) is 0 Å². The number of fused-ring (bicyclic) bond motifs is 1. The molecule has 0 aliphatic carbocycles. The number of aromatic amines is 1. The highest BCUT2D eigenvalue weighted by molar-refractivity contribution is 5.88. The number of hydrogen-bond acceptors (Lipinski definition) is 4. The molecule has 0 atom stereocenters. The van der Waals surface area contributed by atoms with Crippen LogP contribution in [0.1, 0.15) is 0 Å². The number of hydrogen-bond donors (Lipinski definition) is 1. The van der Waals surface area contributed by atoms with Gasteiger partial charge in [-0.05, 0) is 48.5 Å². The fourth-order valence-corrected chi connectivity index (χ4v) is 4.26. The third kappa shape index (κ3) is 3.52. The van der Waals surface area contributed by atoms with Gasteiger partial charge in [0, 0.05) is 30.6 Å². The lowest BCUT2D eigenvalue weighted by Crippen LogP contribution is -2.20. The van der Waals surface area contributed by atoms with Crippen molar-refractivity contribution in [1.29, 1.82) is 0 Å². The highest BCUT2D eigenvalue weighted by atomic mass is 19.1. The smallest absolute Gasteiger partial charge is 0.333 e. The maximum absolute atomic E-state index is 13.6. The Hall–Kier alpha value is -4.85. The van der Waals surface area contributed by atoms with Crippen molar-refractivity contribution >= 4 is 11.0 Å². The number of H-pyrrole nitrogens is 1. The zero-order chi connectivity index (χ0) is 23.9. The predicted octanol–water partition coefficient (Wildman–Crippen LogP) is 4.98. The Morgan fingerprint density at radius 3 is 2.40 bits per heavy atom. The van der Waals surface area contributed by atoms with Gasteiger partial charge in [-0.3, -0.25) is 14.1 Å². The maximum Gasteiger partial charge on any atom is 0.333 e. The Kier molecular flexibility index (Phi) is 4.84. The fraction of sp³-hybridized carbons (Fsp3) is 0.0370. The third-order valence-corrected chi connectivity index (χ3v) is 5.99. The van der Waals surface area contributed by atoms with Gasteiger partial charge in [0.05, 0.1) is 34.3 Å². The molecule has 8 heteroatoms. The molecule has 170 valence electrons. The van der Waals surface area contributed by atoms with Gasteiger partial charge in [0.2, 0.25) is 0 Å². The number of halogens is 1. The summed E-state index contributed by atoms with van der Waals surface area (Å²) in [7, 11) is 1.75. The molecular weight excluding hydrogens is 443 g/mol. The second-order valence-corrected chi connectivity index (χ2v) is 8.12. The molecule has 0 saturated heterocycles. The van der Waals surface area contributed by atoms with Crippen LogP contribution in [0.25, 0.3) is 50.8 Å². The molecule has 0 amide bonds. The first-order chi connectivity index (χ1) is 17.1. The number of rotatable bonds is 4. The number of imidazole rings is 2. The molecule has 3 aromatic carbocycles. The quantitative estimate of drug-likeness (QED) is 0.401. The van der Waals surface area contributed by atoms with Crippen molar-refractivity contribution in [3.63, 3.8) is 0 Å². The zero-order valence-electron chi connectivity index (χ0n) is 18.7. The van der Waals surface area contributed by atoms with E-state index in [0.29, 0.717) is 17.2 Å². The van der Waals surface area contributed by atoms with Crippen LogP contribution in [-0.4, -0.2) is 29.1 Å². The first kappa shape index (κ1) is 20.7. The SMILES string of the molecule is Cn1c(=O)n(-c2ccccc2)c2ccc(-c3nc(-c4cnccn4)[nH]c3-c3ccc(F)cc3)cc21. The van der Waals surface area contributed by atoms with Gasteiger partial charge in [0.15, 0.2) is 5.82 Å². The van der Waals surface area contributed by atoms with Gasteiger partial charge in [-0.2, -0.15) is 0 Å². The summed E-state index contributed by atoms with van der Waals surface area (Å²) in [5.41, 5.74) is 5.79. The second kappa shape index (κ2) is 8.18. The van der Waals surface area contributed by atoms with Crippen molar-refractivity contribution in [3.05, 3.63) is 108 Å². The van der Waals surface area contributed by atoms with Gasteiger partial charge < -0.3 is 4.98 Å². The number of aromatic nitrogens is 6. The molecule has 6 aromatic rings.